The summed E-state index contributed by atoms with van der Waals surface area (Å²) in [5.41, 5.74) is -0.465. The fraction of sp³-hybridized carbons (Fsp3) is 0.900. The molecular weight excluding hydrogens is 182 g/mol. The van der Waals surface area contributed by atoms with Crippen molar-refractivity contribution in [2.75, 3.05) is 13.1 Å². The molecule has 0 unspecified atom stereocenters. The third-order valence-electron chi connectivity index (χ3n) is 2.73. The molecule has 0 radical (unpaired) electrons. The van der Waals surface area contributed by atoms with Crippen LogP contribution in [-0.4, -0.2) is 34.9 Å². The van der Waals surface area contributed by atoms with Crippen molar-refractivity contribution >= 4 is 5.97 Å². The summed E-state index contributed by atoms with van der Waals surface area (Å²) >= 11 is 0. The van der Waals surface area contributed by atoms with Crippen LogP contribution in [0.2, 0.25) is 0 Å². The summed E-state index contributed by atoms with van der Waals surface area (Å²) in [6.45, 7) is 1.45. The van der Waals surface area contributed by atoms with E-state index in [2.05, 4.69) is 5.32 Å². The highest BCUT2D eigenvalue weighted by atomic mass is 16.4. The summed E-state index contributed by atoms with van der Waals surface area (Å²) in [6, 6.07) is 0. The van der Waals surface area contributed by atoms with Crippen molar-refractivity contribution in [1.29, 1.82) is 0 Å². The lowest BCUT2D eigenvalue weighted by Gasteiger charge is -2.36. The zero-order valence-corrected chi connectivity index (χ0v) is 8.46. The number of carboxylic acid groups (broad SMARTS) is 1. The summed E-state index contributed by atoms with van der Waals surface area (Å²) < 4.78 is 0. The van der Waals surface area contributed by atoms with Crippen molar-refractivity contribution in [2.45, 2.75) is 44.1 Å². The maximum absolute atomic E-state index is 10.2. The Kier molecular flexibility index (Phi) is 4.35. The minimum atomic E-state index is -0.734. The molecule has 0 spiro atoms. The molecule has 1 rings (SSSR count). The first kappa shape index (κ1) is 11.5. The molecule has 4 nitrogen and oxygen atoms in total. The predicted octanol–water partition coefficient (Wildman–Crippen LogP) is 0.746. The number of aliphatic hydroxyl groups is 1. The normalized spacial score (nSPS) is 18.9. The molecule has 1 aliphatic carbocycles. The van der Waals surface area contributed by atoms with E-state index in [9.17, 15) is 9.90 Å². The Bertz CT molecular complexity index is 190. The minimum Gasteiger partial charge on any atom is -0.481 e. The second-order valence-corrected chi connectivity index (χ2v) is 4.11. The third-order valence-corrected chi connectivity index (χ3v) is 2.73. The van der Waals surface area contributed by atoms with Crippen LogP contribution in [0.3, 0.4) is 0 Å². The van der Waals surface area contributed by atoms with Crippen LogP contribution < -0.4 is 5.32 Å². The monoisotopic (exact) mass is 201 g/mol. The SMILES string of the molecule is O=C(O)CCCCNCC1(O)CCC1. The molecule has 3 N–H and O–H groups in total. The number of carboxylic acids is 1. The fourth-order valence-electron chi connectivity index (χ4n) is 1.61. The Labute approximate surface area is 84.3 Å². The van der Waals surface area contributed by atoms with Gasteiger partial charge in [0.1, 0.15) is 0 Å². The molecule has 0 aromatic carbocycles. The summed E-state index contributed by atoms with van der Waals surface area (Å²) in [5, 5.41) is 21.2. The first-order valence-corrected chi connectivity index (χ1v) is 5.27. The Balaban J connectivity index is 1.87. The van der Waals surface area contributed by atoms with Crippen molar-refractivity contribution in [3.63, 3.8) is 0 Å². The van der Waals surface area contributed by atoms with Crippen LogP contribution in [0.1, 0.15) is 38.5 Å². The Morgan fingerprint density at radius 2 is 2.07 bits per heavy atom. The van der Waals surface area contributed by atoms with E-state index in [4.69, 9.17) is 5.11 Å². The average Bonchev–Trinajstić information content (AvgIpc) is 2.07. The van der Waals surface area contributed by atoms with Gasteiger partial charge in [-0.25, -0.2) is 0 Å². The molecule has 1 aliphatic rings. The Morgan fingerprint density at radius 3 is 2.57 bits per heavy atom. The van der Waals surface area contributed by atoms with E-state index in [-0.39, 0.29) is 6.42 Å². The van der Waals surface area contributed by atoms with E-state index in [0.717, 1.165) is 32.2 Å². The zero-order valence-electron chi connectivity index (χ0n) is 8.46. The summed E-state index contributed by atoms with van der Waals surface area (Å²) in [5.74, 6) is -0.734. The highest BCUT2D eigenvalue weighted by Crippen LogP contribution is 2.30. The molecule has 0 aliphatic heterocycles. The largest absolute Gasteiger partial charge is 0.481 e. The second kappa shape index (κ2) is 5.32. The number of unbranched alkanes of at least 4 members (excludes halogenated alkanes) is 1. The maximum atomic E-state index is 10.2. The number of carbonyl (C=O) groups is 1. The van der Waals surface area contributed by atoms with Crippen LogP contribution >= 0.6 is 0 Å². The van der Waals surface area contributed by atoms with Crippen molar-refractivity contribution in [3.8, 4) is 0 Å². The van der Waals surface area contributed by atoms with Crippen LogP contribution in [0.15, 0.2) is 0 Å². The van der Waals surface area contributed by atoms with Gasteiger partial charge in [-0.3, -0.25) is 4.79 Å². The Morgan fingerprint density at radius 1 is 1.36 bits per heavy atom. The van der Waals surface area contributed by atoms with Gasteiger partial charge in [0.05, 0.1) is 5.60 Å². The predicted molar refractivity (Wildman–Crippen MR) is 53.2 cm³/mol. The smallest absolute Gasteiger partial charge is 0.303 e. The third kappa shape index (κ3) is 4.07. The van der Waals surface area contributed by atoms with Gasteiger partial charge >= 0.3 is 5.97 Å². The molecule has 0 atom stereocenters. The lowest BCUT2D eigenvalue weighted by Crippen LogP contribution is -2.46. The van der Waals surface area contributed by atoms with Crippen LogP contribution in [0.5, 0.6) is 0 Å². The molecule has 0 heterocycles. The van der Waals surface area contributed by atoms with Crippen molar-refractivity contribution in [1.82, 2.24) is 5.32 Å². The first-order valence-electron chi connectivity index (χ1n) is 5.27. The number of rotatable bonds is 7. The molecule has 0 saturated heterocycles. The fourth-order valence-corrected chi connectivity index (χ4v) is 1.61. The molecule has 82 valence electrons. The van der Waals surface area contributed by atoms with Gasteiger partial charge in [-0.15, -0.1) is 0 Å². The van der Waals surface area contributed by atoms with Gasteiger partial charge in [0.2, 0.25) is 0 Å². The summed E-state index contributed by atoms with van der Waals surface area (Å²) in [6.07, 6.45) is 4.73. The van der Waals surface area contributed by atoms with Gasteiger partial charge in [0.15, 0.2) is 0 Å². The zero-order chi connectivity index (χ0) is 10.4. The minimum absolute atomic E-state index is 0.242. The molecule has 14 heavy (non-hydrogen) atoms. The molecule has 0 bridgehead atoms. The van der Waals surface area contributed by atoms with Crippen LogP contribution in [0.25, 0.3) is 0 Å². The average molecular weight is 201 g/mol. The van der Waals surface area contributed by atoms with E-state index >= 15 is 0 Å². The van der Waals surface area contributed by atoms with Crippen molar-refractivity contribution < 1.29 is 15.0 Å². The first-order chi connectivity index (χ1) is 6.62. The summed E-state index contributed by atoms with van der Waals surface area (Å²) in [7, 11) is 0. The van der Waals surface area contributed by atoms with Crippen LogP contribution in [-0.2, 0) is 4.79 Å². The Hall–Kier alpha value is -0.610. The molecule has 0 aromatic heterocycles. The van der Waals surface area contributed by atoms with E-state index < -0.39 is 11.6 Å². The van der Waals surface area contributed by atoms with Gasteiger partial charge in [-0.2, -0.15) is 0 Å². The molecule has 0 aromatic rings. The molecule has 0 amide bonds. The van der Waals surface area contributed by atoms with Crippen molar-refractivity contribution in [2.24, 2.45) is 0 Å². The van der Waals surface area contributed by atoms with Gasteiger partial charge in [0, 0.05) is 13.0 Å². The van der Waals surface area contributed by atoms with Crippen molar-refractivity contribution in [3.05, 3.63) is 0 Å². The van der Waals surface area contributed by atoms with Gasteiger partial charge < -0.3 is 15.5 Å². The number of hydrogen-bond donors (Lipinski definition) is 3. The molecular formula is C10H19NO3. The number of hydrogen-bond acceptors (Lipinski definition) is 3. The van der Waals surface area contributed by atoms with E-state index in [1.807, 2.05) is 0 Å². The standard InChI is InChI=1S/C10H19NO3/c12-9(13)4-1-2-7-11-8-10(14)5-3-6-10/h11,14H,1-8H2,(H,12,13). The van der Waals surface area contributed by atoms with E-state index in [1.54, 1.807) is 0 Å². The van der Waals surface area contributed by atoms with E-state index in [1.165, 1.54) is 0 Å². The van der Waals surface area contributed by atoms with Crippen LogP contribution in [0, 0.1) is 0 Å². The lowest BCUT2D eigenvalue weighted by atomic mass is 9.80. The summed E-state index contributed by atoms with van der Waals surface area (Å²) in [4.78, 5) is 10.2. The lowest BCUT2D eigenvalue weighted by molar-refractivity contribution is -0.137. The quantitative estimate of drug-likeness (QED) is 0.531. The van der Waals surface area contributed by atoms with Crippen LogP contribution in [0.4, 0.5) is 0 Å². The highest BCUT2D eigenvalue weighted by molar-refractivity contribution is 5.66. The van der Waals surface area contributed by atoms with Gasteiger partial charge in [-0.1, -0.05) is 0 Å². The molecule has 1 saturated carbocycles. The van der Waals surface area contributed by atoms with E-state index in [0.29, 0.717) is 13.0 Å². The number of aliphatic carboxylic acids is 1. The molecule has 4 heteroatoms. The van der Waals surface area contributed by atoms with Gasteiger partial charge in [-0.05, 0) is 38.6 Å². The van der Waals surface area contributed by atoms with Gasteiger partial charge in [0.25, 0.3) is 0 Å². The second-order valence-electron chi connectivity index (χ2n) is 4.11. The molecule has 1 fully saturated rings. The maximum Gasteiger partial charge on any atom is 0.303 e. The topological polar surface area (TPSA) is 69.6 Å². The highest BCUT2D eigenvalue weighted by Gasteiger charge is 2.33. The number of nitrogens with one attached hydrogen (secondary N) is 1.